The Morgan fingerprint density at radius 1 is 1.28 bits per heavy atom. The molecule has 2 aromatic rings. The summed E-state index contributed by atoms with van der Waals surface area (Å²) in [6, 6.07) is 10.3. The molecule has 1 atom stereocenters. The molecule has 0 bridgehead atoms. The molecule has 0 amide bonds. The summed E-state index contributed by atoms with van der Waals surface area (Å²) in [6.45, 7) is 0. The van der Waals surface area contributed by atoms with Crippen LogP contribution in [-0.2, 0) is 19.9 Å². The molecule has 0 fully saturated rings. The van der Waals surface area contributed by atoms with Crippen LogP contribution in [-0.4, -0.2) is 31.4 Å². The third-order valence-corrected chi connectivity index (χ3v) is 2.81. The van der Waals surface area contributed by atoms with E-state index in [1.54, 1.807) is 7.05 Å². The fourth-order valence-electron chi connectivity index (χ4n) is 1.90. The molecule has 1 N–H and O–H groups in total. The number of hydrogen-bond acceptors (Lipinski definition) is 4. The van der Waals surface area contributed by atoms with Crippen LogP contribution in [0.15, 0.2) is 30.3 Å². The molecule has 1 aromatic carbocycles. The third-order valence-electron chi connectivity index (χ3n) is 2.81. The number of hydrogen-bond donors (Lipinski definition) is 1. The fourth-order valence-corrected chi connectivity index (χ4v) is 1.90. The van der Waals surface area contributed by atoms with Crippen molar-refractivity contribution < 1.29 is 5.11 Å². The van der Waals surface area contributed by atoms with E-state index < -0.39 is 6.10 Å². The van der Waals surface area contributed by atoms with E-state index in [0.717, 1.165) is 19.3 Å². The minimum absolute atomic E-state index is 0.391. The second-order valence-corrected chi connectivity index (χ2v) is 4.43. The van der Waals surface area contributed by atoms with Gasteiger partial charge in [-0.25, -0.2) is 0 Å². The number of aromatic nitrogens is 4. The SMILES string of the molecule is Cn1nnc(CC(O)CCCc2ccccc2)n1. The Kier molecular flexibility index (Phi) is 4.41. The molecule has 0 aliphatic carbocycles. The standard InChI is InChI=1S/C13H18N4O/c1-17-15-13(14-16-17)10-12(18)9-5-8-11-6-3-2-4-7-11/h2-4,6-7,12,18H,5,8-10H2,1H3. The van der Waals surface area contributed by atoms with Gasteiger partial charge >= 0.3 is 0 Å². The quantitative estimate of drug-likeness (QED) is 0.830. The molecule has 0 saturated carbocycles. The molecule has 0 saturated heterocycles. The van der Waals surface area contributed by atoms with Crippen LogP contribution < -0.4 is 0 Å². The first kappa shape index (κ1) is 12.7. The van der Waals surface area contributed by atoms with Crippen molar-refractivity contribution in [2.75, 3.05) is 0 Å². The lowest BCUT2D eigenvalue weighted by molar-refractivity contribution is 0.159. The van der Waals surface area contributed by atoms with Gasteiger partial charge in [0.25, 0.3) is 0 Å². The molecule has 0 aliphatic rings. The van der Waals surface area contributed by atoms with Crippen LogP contribution in [0.2, 0.25) is 0 Å². The Bertz CT molecular complexity index is 469. The highest BCUT2D eigenvalue weighted by molar-refractivity contribution is 5.14. The summed E-state index contributed by atoms with van der Waals surface area (Å²) in [5, 5.41) is 21.5. The molecule has 1 aromatic heterocycles. The van der Waals surface area contributed by atoms with Crippen LogP contribution in [0.4, 0.5) is 0 Å². The minimum Gasteiger partial charge on any atom is -0.393 e. The van der Waals surface area contributed by atoms with Crippen LogP contribution in [0.3, 0.4) is 0 Å². The van der Waals surface area contributed by atoms with Crippen molar-refractivity contribution in [1.82, 2.24) is 20.2 Å². The van der Waals surface area contributed by atoms with Gasteiger partial charge in [0, 0.05) is 6.42 Å². The lowest BCUT2D eigenvalue weighted by atomic mass is 10.0. The number of tetrazole rings is 1. The Balaban J connectivity index is 1.70. The maximum Gasteiger partial charge on any atom is 0.177 e. The molecule has 0 aliphatic heterocycles. The van der Waals surface area contributed by atoms with Gasteiger partial charge in [0.15, 0.2) is 5.82 Å². The van der Waals surface area contributed by atoms with Gasteiger partial charge in [-0.05, 0) is 30.0 Å². The van der Waals surface area contributed by atoms with Crippen molar-refractivity contribution in [3.8, 4) is 0 Å². The number of rotatable bonds is 6. The van der Waals surface area contributed by atoms with E-state index >= 15 is 0 Å². The van der Waals surface area contributed by atoms with Crippen LogP contribution in [0.5, 0.6) is 0 Å². The fraction of sp³-hybridized carbons (Fsp3) is 0.462. The minimum atomic E-state index is -0.391. The summed E-state index contributed by atoms with van der Waals surface area (Å²) in [4.78, 5) is 1.41. The lowest BCUT2D eigenvalue weighted by Crippen LogP contribution is -2.12. The van der Waals surface area contributed by atoms with Gasteiger partial charge in [-0.15, -0.1) is 10.2 Å². The summed E-state index contributed by atoms with van der Waals surface area (Å²) < 4.78 is 0. The molecule has 2 rings (SSSR count). The summed E-state index contributed by atoms with van der Waals surface area (Å²) in [5.41, 5.74) is 1.31. The largest absolute Gasteiger partial charge is 0.393 e. The zero-order chi connectivity index (χ0) is 12.8. The van der Waals surface area contributed by atoms with E-state index in [2.05, 4.69) is 27.5 Å². The van der Waals surface area contributed by atoms with E-state index in [1.807, 2.05) is 18.2 Å². The average molecular weight is 246 g/mol. The van der Waals surface area contributed by atoms with Gasteiger partial charge in [0.05, 0.1) is 13.2 Å². The van der Waals surface area contributed by atoms with Crippen LogP contribution in [0, 0.1) is 0 Å². The van der Waals surface area contributed by atoms with Gasteiger partial charge in [0.2, 0.25) is 0 Å². The molecule has 1 heterocycles. The molecule has 5 nitrogen and oxygen atoms in total. The predicted molar refractivity (Wildman–Crippen MR) is 67.9 cm³/mol. The first-order valence-electron chi connectivity index (χ1n) is 6.19. The smallest absolute Gasteiger partial charge is 0.177 e. The first-order chi connectivity index (χ1) is 8.74. The second kappa shape index (κ2) is 6.26. The van der Waals surface area contributed by atoms with Gasteiger partial charge in [0.1, 0.15) is 0 Å². The Hall–Kier alpha value is -1.75. The number of benzene rings is 1. The Labute approximate surface area is 106 Å². The predicted octanol–water partition coefficient (Wildman–Crippen LogP) is 1.14. The van der Waals surface area contributed by atoms with E-state index in [0.29, 0.717) is 12.2 Å². The topological polar surface area (TPSA) is 63.8 Å². The van der Waals surface area contributed by atoms with Crippen molar-refractivity contribution in [1.29, 1.82) is 0 Å². The zero-order valence-corrected chi connectivity index (χ0v) is 10.5. The van der Waals surface area contributed by atoms with Crippen LogP contribution in [0.1, 0.15) is 24.2 Å². The summed E-state index contributed by atoms with van der Waals surface area (Å²) >= 11 is 0. The summed E-state index contributed by atoms with van der Waals surface area (Å²) in [6.07, 6.45) is 2.80. The van der Waals surface area contributed by atoms with Gasteiger partial charge in [-0.2, -0.15) is 4.80 Å². The maximum atomic E-state index is 9.87. The van der Waals surface area contributed by atoms with Crippen LogP contribution >= 0.6 is 0 Å². The Morgan fingerprint density at radius 3 is 2.72 bits per heavy atom. The molecule has 0 radical (unpaired) electrons. The molecule has 5 heteroatoms. The van der Waals surface area contributed by atoms with E-state index in [-0.39, 0.29) is 0 Å². The normalized spacial score (nSPS) is 12.6. The van der Waals surface area contributed by atoms with Gasteiger partial charge in [-0.3, -0.25) is 0 Å². The zero-order valence-electron chi connectivity index (χ0n) is 10.5. The number of aliphatic hydroxyl groups is 1. The Morgan fingerprint density at radius 2 is 2.06 bits per heavy atom. The second-order valence-electron chi connectivity index (χ2n) is 4.43. The molecular formula is C13H18N4O. The average Bonchev–Trinajstić information content (AvgIpc) is 2.76. The highest BCUT2D eigenvalue weighted by Gasteiger charge is 2.09. The van der Waals surface area contributed by atoms with E-state index in [9.17, 15) is 5.11 Å². The van der Waals surface area contributed by atoms with Crippen LogP contribution in [0.25, 0.3) is 0 Å². The van der Waals surface area contributed by atoms with Crippen molar-refractivity contribution in [3.63, 3.8) is 0 Å². The van der Waals surface area contributed by atoms with Crippen molar-refractivity contribution >= 4 is 0 Å². The molecular weight excluding hydrogens is 228 g/mol. The molecule has 0 spiro atoms. The molecule has 18 heavy (non-hydrogen) atoms. The number of aryl methyl sites for hydroxylation is 2. The highest BCUT2D eigenvalue weighted by atomic mass is 16.3. The van der Waals surface area contributed by atoms with Crippen molar-refractivity contribution in [2.45, 2.75) is 31.8 Å². The number of aliphatic hydroxyl groups excluding tert-OH is 1. The highest BCUT2D eigenvalue weighted by Crippen LogP contribution is 2.08. The van der Waals surface area contributed by atoms with E-state index in [1.165, 1.54) is 10.4 Å². The van der Waals surface area contributed by atoms with Gasteiger partial charge in [-0.1, -0.05) is 30.3 Å². The summed E-state index contributed by atoms with van der Waals surface area (Å²) in [7, 11) is 1.72. The number of nitrogens with zero attached hydrogens (tertiary/aromatic N) is 4. The van der Waals surface area contributed by atoms with Gasteiger partial charge < -0.3 is 5.11 Å². The molecule has 96 valence electrons. The maximum absolute atomic E-state index is 9.87. The monoisotopic (exact) mass is 246 g/mol. The molecule has 1 unspecified atom stereocenters. The first-order valence-corrected chi connectivity index (χ1v) is 6.19. The van der Waals surface area contributed by atoms with Crippen molar-refractivity contribution in [2.24, 2.45) is 7.05 Å². The van der Waals surface area contributed by atoms with Crippen molar-refractivity contribution in [3.05, 3.63) is 41.7 Å². The lowest BCUT2D eigenvalue weighted by Gasteiger charge is -2.07. The third kappa shape index (κ3) is 3.92. The van der Waals surface area contributed by atoms with E-state index in [4.69, 9.17) is 0 Å². The summed E-state index contributed by atoms with van der Waals surface area (Å²) in [5.74, 6) is 0.602.